The van der Waals surface area contributed by atoms with E-state index in [0.29, 0.717) is 12.3 Å². The number of benzene rings is 2. The zero-order valence-electron chi connectivity index (χ0n) is 14.3. The van der Waals surface area contributed by atoms with Gasteiger partial charge < -0.3 is 19.7 Å². The number of para-hydroxylation sites is 2. The minimum absolute atomic E-state index is 0.351. The van der Waals surface area contributed by atoms with Crippen molar-refractivity contribution in [3.63, 3.8) is 0 Å². The molecule has 2 N–H and O–H groups in total. The zero-order valence-corrected chi connectivity index (χ0v) is 14.3. The number of carbonyl (C=O) groups excluding carboxylic acids is 1. The molecule has 0 atom stereocenters. The molecule has 25 heavy (non-hydrogen) atoms. The Bertz CT molecular complexity index is 697. The van der Waals surface area contributed by atoms with Crippen molar-refractivity contribution >= 4 is 28.8 Å². The first kappa shape index (κ1) is 17.1. The number of amides is 1. The van der Waals surface area contributed by atoms with E-state index < -0.39 is 6.09 Å². The van der Waals surface area contributed by atoms with Gasteiger partial charge >= 0.3 is 6.09 Å². The van der Waals surface area contributed by atoms with Gasteiger partial charge in [-0.25, -0.2) is 4.79 Å². The molecule has 2 aromatic rings. The van der Waals surface area contributed by atoms with Crippen LogP contribution in [0, 0.1) is 0 Å². The average molecular weight is 341 g/mol. The predicted molar refractivity (Wildman–Crippen MR) is 99.8 cm³/mol. The summed E-state index contributed by atoms with van der Waals surface area (Å²) in [4.78, 5) is 13.8. The highest BCUT2D eigenvalue weighted by Crippen LogP contribution is 2.29. The number of morpholine rings is 1. The minimum atomic E-state index is -0.444. The highest BCUT2D eigenvalue weighted by Gasteiger charge is 2.14. The standard InChI is InChI=1S/C19H23N3O3/c1-2-25-19(23)21-16-9-7-15(8-10-16)20-17-5-3-4-6-18(17)22-11-13-24-14-12-22/h3-10,20H,2,11-14H2,1H3,(H,21,23). The summed E-state index contributed by atoms with van der Waals surface area (Å²) in [6, 6.07) is 15.8. The fourth-order valence-corrected chi connectivity index (χ4v) is 2.74. The second-order valence-electron chi connectivity index (χ2n) is 5.66. The lowest BCUT2D eigenvalue weighted by Gasteiger charge is -2.30. The van der Waals surface area contributed by atoms with Gasteiger partial charge in [0.2, 0.25) is 0 Å². The van der Waals surface area contributed by atoms with Gasteiger partial charge in [0.1, 0.15) is 0 Å². The van der Waals surface area contributed by atoms with Crippen LogP contribution in [-0.2, 0) is 9.47 Å². The molecule has 3 rings (SSSR count). The van der Waals surface area contributed by atoms with Gasteiger partial charge in [0, 0.05) is 24.5 Å². The summed E-state index contributed by atoms with van der Waals surface area (Å²) in [5, 5.41) is 6.14. The van der Waals surface area contributed by atoms with Crippen LogP contribution in [0.25, 0.3) is 0 Å². The van der Waals surface area contributed by atoms with E-state index in [4.69, 9.17) is 9.47 Å². The quantitative estimate of drug-likeness (QED) is 0.865. The summed E-state index contributed by atoms with van der Waals surface area (Å²) >= 11 is 0. The van der Waals surface area contributed by atoms with Gasteiger partial charge in [-0.05, 0) is 43.3 Å². The van der Waals surface area contributed by atoms with Crippen molar-refractivity contribution in [1.82, 2.24) is 0 Å². The molecule has 1 aliphatic rings. The Balaban J connectivity index is 1.69. The fourth-order valence-electron chi connectivity index (χ4n) is 2.74. The number of nitrogens with zero attached hydrogens (tertiary/aromatic N) is 1. The third-order valence-electron chi connectivity index (χ3n) is 3.94. The van der Waals surface area contributed by atoms with Crippen LogP contribution < -0.4 is 15.5 Å². The lowest BCUT2D eigenvalue weighted by atomic mass is 10.2. The molecule has 0 spiro atoms. The molecule has 1 saturated heterocycles. The number of ether oxygens (including phenoxy) is 2. The highest BCUT2D eigenvalue weighted by molar-refractivity contribution is 5.85. The number of hydrogen-bond acceptors (Lipinski definition) is 5. The molecular weight excluding hydrogens is 318 g/mol. The van der Waals surface area contributed by atoms with Gasteiger partial charge in [-0.2, -0.15) is 0 Å². The summed E-state index contributed by atoms with van der Waals surface area (Å²) < 4.78 is 10.3. The van der Waals surface area contributed by atoms with Gasteiger partial charge in [0.25, 0.3) is 0 Å². The summed E-state index contributed by atoms with van der Waals surface area (Å²) in [7, 11) is 0. The normalized spacial score (nSPS) is 14.0. The van der Waals surface area contributed by atoms with Crippen molar-refractivity contribution < 1.29 is 14.3 Å². The largest absolute Gasteiger partial charge is 0.450 e. The third-order valence-corrected chi connectivity index (χ3v) is 3.94. The Kier molecular flexibility index (Phi) is 5.74. The maximum absolute atomic E-state index is 11.4. The van der Waals surface area contributed by atoms with Crippen LogP contribution >= 0.6 is 0 Å². The van der Waals surface area contributed by atoms with Crippen LogP contribution in [0.4, 0.5) is 27.5 Å². The van der Waals surface area contributed by atoms with Crippen LogP contribution in [0.3, 0.4) is 0 Å². The van der Waals surface area contributed by atoms with Crippen LogP contribution in [-0.4, -0.2) is 39.0 Å². The SMILES string of the molecule is CCOC(=O)Nc1ccc(Nc2ccccc2N2CCOCC2)cc1. The van der Waals surface area contributed by atoms with E-state index in [0.717, 1.165) is 37.7 Å². The Hall–Kier alpha value is -2.73. The summed E-state index contributed by atoms with van der Waals surface area (Å²) in [6.07, 6.45) is -0.444. The molecule has 0 radical (unpaired) electrons. The molecular formula is C19H23N3O3. The van der Waals surface area contributed by atoms with E-state index in [1.54, 1.807) is 6.92 Å². The van der Waals surface area contributed by atoms with Gasteiger partial charge in [-0.15, -0.1) is 0 Å². The molecule has 1 aliphatic heterocycles. The molecule has 0 aliphatic carbocycles. The van der Waals surface area contributed by atoms with E-state index in [2.05, 4.69) is 27.7 Å². The Morgan fingerprint density at radius 3 is 2.48 bits per heavy atom. The van der Waals surface area contributed by atoms with Crippen molar-refractivity contribution in [1.29, 1.82) is 0 Å². The van der Waals surface area contributed by atoms with Gasteiger partial charge in [0.05, 0.1) is 31.2 Å². The zero-order chi connectivity index (χ0) is 17.5. The fraction of sp³-hybridized carbons (Fsp3) is 0.316. The number of hydrogen-bond donors (Lipinski definition) is 2. The smallest absolute Gasteiger partial charge is 0.411 e. The van der Waals surface area contributed by atoms with Gasteiger partial charge in [-0.3, -0.25) is 5.32 Å². The molecule has 1 heterocycles. The Morgan fingerprint density at radius 2 is 1.76 bits per heavy atom. The molecule has 1 amide bonds. The van der Waals surface area contributed by atoms with Crippen molar-refractivity contribution in [2.24, 2.45) is 0 Å². The molecule has 0 unspecified atom stereocenters. The molecule has 6 nitrogen and oxygen atoms in total. The number of carbonyl (C=O) groups is 1. The van der Waals surface area contributed by atoms with E-state index >= 15 is 0 Å². The maximum Gasteiger partial charge on any atom is 0.411 e. The average Bonchev–Trinajstić information content (AvgIpc) is 2.65. The molecule has 1 fully saturated rings. The van der Waals surface area contributed by atoms with Crippen molar-refractivity contribution in [3.05, 3.63) is 48.5 Å². The topological polar surface area (TPSA) is 62.8 Å². The second kappa shape index (κ2) is 8.39. The first-order valence-electron chi connectivity index (χ1n) is 8.49. The molecule has 6 heteroatoms. The Morgan fingerprint density at radius 1 is 1.08 bits per heavy atom. The monoisotopic (exact) mass is 341 g/mol. The first-order valence-corrected chi connectivity index (χ1v) is 8.49. The molecule has 0 bridgehead atoms. The second-order valence-corrected chi connectivity index (χ2v) is 5.66. The van der Waals surface area contributed by atoms with Crippen LogP contribution in [0.15, 0.2) is 48.5 Å². The molecule has 2 aromatic carbocycles. The van der Waals surface area contributed by atoms with Crippen molar-refractivity contribution in [2.75, 3.05) is 48.4 Å². The summed E-state index contributed by atoms with van der Waals surface area (Å²) in [6.45, 7) is 5.41. The van der Waals surface area contributed by atoms with E-state index in [1.165, 1.54) is 5.69 Å². The Labute approximate surface area is 147 Å². The summed E-state index contributed by atoms with van der Waals surface area (Å²) in [5.74, 6) is 0. The number of anilines is 4. The lowest BCUT2D eigenvalue weighted by molar-refractivity contribution is 0.123. The minimum Gasteiger partial charge on any atom is -0.450 e. The lowest BCUT2D eigenvalue weighted by Crippen LogP contribution is -2.36. The highest BCUT2D eigenvalue weighted by atomic mass is 16.5. The van der Waals surface area contributed by atoms with E-state index in [-0.39, 0.29) is 0 Å². The first-order chi connectivity index (χ1) is 12.3. The number of nitrogens with one attached hydrogen (secondary N) is 2. The number of rotatable bonds is 5. The van der Waals surface area contributed by atoms with Crippen molar-refractivity contribution in [2.45, 2.75) is 6.92 Å². The molecule has 0 aromatic heterocycles. The predicted octanol–water partition coefficient (Wildman–Crippen LogP) is 3.84. The van der Waals surface area contributed by atoms with E-state index in [1.807, 2.05) is 36.4 Å². The maximum atomic E-state index is 11.4. The van der Waals surface area contributed by atoms with E-state index in [9.17, 15) is 4.79 Å². The van der Waals surface area contributed by atoms with Crippen LogP contribution in [0.5, 0.6) is 0 Å². The third kappa shape index (κ3) is 4.64. The van der Waals surface area contributed by atoms with Crippen LogP contribution in [0.1, 0.15) is 6.92 Å². The molecule has 132 valence electrons. The van der Waals surface area contributed by atoms with Gasteiger partial charge in [0.15, 0.2) is 0 Å². The van der Waals surface area contributed by atoms with Crippen molar-refractivity contribution in [3.8, 4) is 0 Å². The van der Waals surface area contributed by atoms with Gasteiger partial charge in [-0.1, -0.05) is 12.1 Å². The molecule has 0 saturated carbocycles. The van der Waals surface area contributed by atoms with Crippen LogP contribution in [0.2, 0.25) is 0 Å². The summed E-state index contributed by atoms with van der Waals surface area (Å²) in [5.41, 5.74) is 3.87.